The van der Waals surface area contributed by atoms with Gasteiger partial charge in [-0.25, -0.2) is 4.99 Å². The van der Waals surface area contributed by atoms with Gasteiger partial charge in [0.25, 0.3) is 0 Å². The van der Waals surface area contributed by atoms with E-state index < -0.39 is 0 Å². The summed E-state index contributed by atoms with van der Waals surface area (Å²) in [5.41, 5.74) is 7.25. The Balaban J connectivity index is 1.48. The summed E-state index contributed by atoms with van der Waals surface area (Å²) in [5, 5.41) is 3.67. The predicted octanol–water partition coefficient (Wildman–Crippen LogP) is 5.00. The summed E-state index contributed by atoms with van der Waals surface area (Å²) in [5.74, 6) is 1.04. The summed E-state index contributed by atoms with van der Waals surface area (Å²) in [4.78, 5) is 7.31. The highest BCUT2D eigenvalue weighted by molar-refractivity contribution is 5.92. The van der Waals surface area contributed by atoms with Crippen molar-refractivity contribution in [3.05, 3.63) is 125 Å². The maximum absolute atomic E-state index is 5.03. The van der Waals surface area contributed by atoms with Crippen molar-refractivity contribution in [3.63, 3.8) is 0 Å². The number of benzene rings is 3. The molecule has 142 valence electrons. The second kappa shape index (κ2) is 7.80. The SMILES string of the molecule is C1=C(c2ccccc2)NC(Cc2ccccc2)=C2N=C(Cc3ccccc3)CN12. The lowest BCUT2D eigenvalue weighted by Crippen LogP contribution is -2.29. The number of nitrogens with zero attached hydrogens (tertiary/aromatic N) is 2. The molecule has 3 aromatic carbocycles. The fourth-order valence-electron chi connectivity index (χ4n) is 3.89. The quantitative estimate of drug-likeness (QED) is 0.678. The molecule has 0 radical (unpaired) electrons. The largest absolute Gasteiger partial charge is 0.354 e. The molecule has 5 rings (SSSR count). The Morgan fingerprint density at radius 1 is 0.724 bits per heavy atom. The molecule has 0 fully saturated rings. The molecule has 0 saturated heterocycles. The van der Waals surface area contributed by atoms with Crippen LogP contribution in [0.2, 0.25) is 0 Å². The second-order valence-electron chi connectivity index (χ2n) is 7.47. The van der Waals surface area contributed by atoms with Crippen molar-refractivity contribution in [2.75, 3.05) is 6.54 Å². The van der Waals surface area contributed by atoms with Gasteiger partial charge in [0.05, 0.1) is 17.9 Å². The molecule has 3 heteroatoms. The zero-order valence-corrected chi connectivity index (χ0v) is 16.3. The lowest BCUT2D eigenvalue weighted by atomic mass is 10.1. The van der Waals surface area contributed by atoms with Crippen molar-refractivity contribution in [2.45, 2.75) is 12.8 Å². The molecule has 0 aromatic heterocycles. The molecule has 29 heavy (non-hydrogen) atoms. The Morgan fingerprint density at radius 3 is 1.97 bits per heavy atom. The van der Waals surface area contributed by atoms with Crippen LogP contribution in [0.15, 0.2) is 114 Å². The van der Waals surface area contributed by atoms with E-state index in [1.54, 1.807) is 0 Å². The van der Waals surface area contributed by atoms with Crippen LogP contribution in [0, 0.1) is 0 Å². The molecule has 0 spiro atoms. The zero-order valence-electron chi connectivity index (χ0n) is 16.3. The lowest BCUT2D eigenvalue weighted by Gasteiger charge is -2.27. The van der Waals surface area contributed by atoms with Gasteiger partial charge in [-0.15, -0.1) is 0 Å². The molecular formula is C26H23N3. The van der Waals surface area contributed by atoms with Crippen LogP contribution in [-0.4, -0.2) is 17.2 Å². The van der Waals surface area contributed by atoms with E-state index in [0.717, 1.165) is 36.6 Å². The molecule has 0 amide bonds. The normalized spacial score (nSPS) is 15.5. The van der Waals surface area contributed by atoms with Crippen molar-refractivity contribution in [1.82, 2.24) is 10.2 Å². The van der Waals surface area contributed by atoms with Crippen molar-refractivity contribution >= 4 is 11.4 Å². The minimum atomic E-state index is 0.832. The van der Waals surface area contributed by atoms with Crippen molar-refractivity contribution < 1.29 is 0 Å². The molecule has 0 saturated carbocycles. The number of hydrogen-bond acceptors (Lipinski definition) is 3. The van der Waals surface area contributed by atoms with E-state index in [-0.39, 0.29) is 0 Å². The van der Waals surface area contributed by atoms with Crippen LogP contribution in [0.4, 0.5) is 0 Å². The van der Waals surface area contributed by atoms with Crippen LogP contribution in [0.5, 0.6) is 0 Å². The third-order valence-corrected chi connectivity index (χ3v) is 5.29. The average molecular weight is 377 g/mol. The number of rotatable bonds is 5. The van der Waals surface area contributed by atoms with E-state index in [0.29, 0.717) is 0 Å². The molecule has 0 atom stereocenters. The molecule has 3 aromatic rings. The Morgan fingerprint density at radius 2 is 1.31 bits per heavy atom. The number of aliphatic imine (C=N–C) groups is 1. The molecule has 3 nitrogen and oxygen atoms in total. The Labute approximate surface area is 171 Å². The van der Waals surface area contributed by atoms with E-state index in [1.807, 2.05) is 0 Å². The van der Waals surface area contributed by atoms with Crippen LogP contribution < -0.4 is 5.32 Å². The Kier molecular flexibility index (Phi) is 4.71. The first kappa shape index (κ1) is 17.5. The van der Waals surface area contributed by atoms with E-state index in [1.165, 1.54) is 22.4 Å². The average Bonchev–Trinajstić information content (AvgIpc) is 3.18. The first-order valence-corrected chi connectivity index (χ1v) is 10.0. The number of nitrogens with one attached hydrogen (secondary N) is 1. The summed E-state index contributed by atoms with van der Waals surface area (Å²) in [6.45, 7) is 0.834. The van der Waals surface area contributed by atoms with Crippen molar-refractivity contribution in [2.24, 2.45) is 4.99 Å². The van der Waals surface area contributed by atoms with Crippen molar-refractivity contribution in [1.29, 1.82) is 0 Å². The van der Waals surface area contributed by atoms with Gasteiger partial charge in [0.15, 0.2) is 5.82 Å². The zero-order chi connectivity index (χ0) is 19.5. The minimum absolute atomic E-state index is 0.832. The van der Waals surface area contributed by atoms with Crippen LogP contribution in [0.3, 0.4) is 0 Å². The number of fused-ring (bicyclic) bond motifs is 1. The van der Waals surface area contributed by atoms with Gasteiger partial charge >= 0.3 is 0 Å². The van der Waals surface area contributed by atoms with Gasteiger partial charge in [-0.3, -0.25) is 0 Å². The summed E-state index contributed by atoms with van der Waals surface area (Å²) >= 11 is 0. The van der Waals surface area contributed by atoms with E-state index in [2.05, 4.69) is 107 Å². The fraction of sp³-hybridized carbons (Fsp3) is 0.115. The van der Waals surface area contributed by atoms with E-state index in [9.17, 15) is 0 Å². The smallest absolute Gasteiger partial charge is 0.152 e. The molecule has 0 unspecified atom stereocenters. The summed E-state index contributed by atoms with van der Waals surface area (Å²) < 4.78 is 0. The van der Waals surface area contributed by atoms with Crippen molar-refractivity contribution in [3.8, 4) is 0 Å². The van der Waals surface area contributed by atoms with Gasteiger partial charge in [-0.2, -0.15) is 0 Å². The number of hydrogen-bond donors (Lipinski definition) is 1. The van der Waals surface area contributed by atoms with Gasteiger partial charge in [0, 0.05) is 24.8 Å². The monoisotopic (exact) mass is 377 g/mol. The fourth-order valence-corrected chi connectivity index (χ4v) is 3.89. The maximum atomic E-state index is 5.03. The van der Waals surface area contributed by atoms with Crippen LogP contribution in [-0.2, 0) is 12.8 Å². The topological polar surface area (TPSA) is 27.6 Å². The van der Waals surface area contributed by atoms with Gasteiger partial charge < -0.3 is 10.2 Å². The molecule has 2 aliphatic heterocycles. The molecule has 0 aliphatic carbocycles. The summed E-state index contributed by atoms with van der Waals surface area (Å²) in [7, 11) is 0. The lowest BCUT2D eigenvalue weighted by molar-refractivity contribution is 0.523. The Hall–Kier alpha value is -3.59. The van der Waals surface area contributed by atoms with Gasteiger partial charge in [-0.1, -0.05) is 91.0 Å². The summed E-state index contributed by atoms with van der Waals surface area (Å²) in [6, 6.07) is 31.7. The van der Waals surface area contributed by atoms with Crippen LogP contribution in [0.25, 0.3) is 5.70 Å². The van der Waals surface area contributed by atoms with Crippen LogP contribution >= 0.6 is 0 Å². The highest BCUT2D eigenvalue weighted by Crippen LogP contribution is 2.29. The van der Waals surface area contributed by atoms with Crippen LogP contribution in [0.1, 0.15) is 16.7 Å². The summed E-state index contributed by atoms with van der Waals surface area (Å²) in [6.07, 6.45) is 3.91. The van der Waals surface area contributed by atoms with Gasteiger partial charge in [0.1, 0.15) is 0 Å². The first-order chi connectivity index (χ1) is 14.3. The van der Waals surface area contributed by atoms with E-state index in [4.69, 9.17) is 4.99 Å². The minimum Gasteiger partial charge on any atom is -0.354 e. The standard InChI is InChI=1S/C26H23N3/c1-4-10-20(11-5-1)16-23-18-29-19-25(22-14-8-3-9-15-22)28-24(26(29)27-23)17-21-12-6-2-7-13-21/h1-15,19,28H,16-18H2. The Bertz CT molecular complexity index is 1080. The molecule has 0 bridgehead atoms. The number of allylic oxidation sites excluding steroid dienone is 1. The third kappa shape index (κ3) is 3.85. The van der Waals surface area contributed by atoms with Gasteiger partial charge in [0.2, 0.25) is 0 Å². The first-order valence-electron chi connectivity index (χ1n) is 10.0. The second-order valence-corrected chi connectivity index (χ2v) is 7.47. The highest BCUT2D eigenvalue weighted by atomic mass is 15.3. The highest BCUT2D eigenvalue weighted by Gasteiger charge is 2.27. The molecular weight excluding hydrogens is 354 g/mol. The van der Waals surface area contributed by atoms with E-state index >= 15 is 0 Å². The van der Waals surface area contributed by atoms with Gasteiger partial charge in [-0.05, 0) is 16.7 Å². The third-order valence-electron chi connectivity index (χ3n) is 5.29. The maximum Gasteiger partial charge on any atom is 0.152 e. The molecule has 1 N–H and O–H groups in total. The molecule has 2 heterocycles. The predicted molar refractivity (Wildman–Crippen MR) is 119 cm³/mol. The molecule has 2 aliphatic rings.